The van der Waals surface area contributed by atoms with Gasteiger partial charge in [0.25, 0.3) is 0 Å². The van der Waals surface area contributed by atoms with Crippen LogP contribution in [-0.2, 0) is 6.42 Å². The van der Waals surface area contributed by atoms with E-state index in [0.717, 1.165) is 17.7 Å². The van der Waals surface area contributed by atoms with Crippen LogP contribution in [0, 0.1) is 5.41 Å². The topological polar surface area (TPSA) is 74.8 Å². The van der Waals surface area contributed by atoms with Gasteiger partial charge >= 0.3 is 0 Å². The molecule has 0 aliphatic heterocycles. The second kappa shape index (κ2) is 4.97. The van der Waals surface area contributed by atoms with Crippen molar-refractivity contribution in [1.82, 2.24) is 4.98 Å². The molecular formula is C12H14N4S. The third kappa shape index (κ3) is 2.62. The molecule has 0 atom stereocenters. The zero-order chi connectivity index (χ0) is 12.3. The van der Waals surface area contributed by atoms with E-state index in [1.54, 1.807) is 0 Å². The highest BCUT2D eigenvalue weighted by atomic mass is 32.1. The van der Waals surface area contributed by atoms with Gasteiger partial charge in [0.2, 0.25) is 0 Å². The predicted octanol–water partition coefficient (Wildman–Crippen LogP) is 2.68. The smallest absolute Gasteiger partial charge is 0.192 e. The first-order valence-corrected chi connectivity index (χ1v) is 6.18. The Kier molecular flexibility index (Phi) is 3.39. The van der Waals surface area contributed by atoms with E-state index < -0.39 is 0 Å². The monoisotopic (exact) mass is 246 g/mol. The summed E-state index contributed by atoms with van der Waals surface area (Å²) < 4.78 is 0. The maximum atomic E-state index is 7.21. The van der Waals surface area contributed by atoms with Gasteiger partial charge in [0.15, 0.2) is 11.1 Å². The van der Waals surface area contributed by atoms with Gasteiger partial charge in [0.1, 0.15) is 0 Å². The fourth-order valence-electron chi connectivity index (χ4n) is 1.58. The normalized spacial score (nSPS) is 10.2. The number of nitrogens with two attached hydrogens (primary N) is 1. The van der Waals surface area contributed by atoms with E-state index in [2.05, 4.69) is 17.2 Å². The summed E-state index contributed by atoms with van der Waals surface area (Å²) in [5.74, 6) is -0.0824. The fourth-order valence-corrected chi connectivity index (χ4v) is 2.52. The summed E-state index contributed by atoms with van der Waals surface area (Å²) in [6.45, 7) is 2.09. The standard InChI is InChI=1S/C12H14N4S/c1-2-9-10(8-6-4-3-5-7-8)15-12(17-9)16-11(13)14/h3-7H,2H2,1H3,(H4,13,14,15,16). The number of benzene rings is 1. The van der Waals surface area contributed by atoms with Crippen LogP contribution in [0.3, 0.4) is 0 Å². The van der Waals surface area contributed by atoms with Crippen LogP contribution in [0.2, 0.25) is 0 Å². The molecule has 0 unspecified atom stereocenters. The van der Waals surface area contributed by atoms with Crippen molar-refractivity contribution in [1.29, 1.82) is 5.41 Å². The van der Waals surface area contributed by atoms with Gasteiger partial charge in [-0.15, -0.1) is 11.3 Å². The Hall–Kier alpha value is -1.88. The number of rotatable bonds is 3. The predicted molar refractivity (Wildman–Crippen MR) is 72.5 cm³/mol. The van der Waals surface area contributed by atoms with E-state index in [1.165, 1.54) is 16.2 Å². The zero-order valence-corrected chi connectivity index (χ0v) is 10.3. The van der Waals surface area contributed by atoms with Crippen molar-refractivity contribution in [2.45, 2.75) is 13.3 Å². The molecule has 0 spiro atoms. The zero-order valence-electron chi connectivity index (χ0n) is 9.53. The van der Waals surface area contributed by atoms with Crippen LogP contribution in [-0.4, -0.2) is 10.9 Å². The number of hydrogen-bond acceptors (Lipinski definition) is 3. The van der Waals surface area contributed by atoms with Crippen molar-refractivity contribution in [3.8, 4) is 11.3 Å². The van der Waals surface area contributed by atoms with Gasteiger partial charge < -0.3 is 11.1 Å². The summed E-state index contributed by atoms with van der Waals surface area (Å²) >= 11 is 1.54. The summed E-state index contributed by atoms with van der Waals surface area (Å²) in [4.78, 5) is 5.67. The number of nitrogens with one attached hydrogen (secondary N) is 2. The van der Waals surface area contributed by atoms with Gasteiger partial charge in [-0.2, -0.15) is 0 Å². The Labute approximate surface area is 104 Å². The molecule has 1 heterocycles. The number of nitrogens with zero attached hydrogens (tertiary/aromatic N) is 1. The number of hydrogen-bond donors (Lipinski definition) is 3. The molecule has 5 heteroatoms. The Balaban J connectivity index is 2.39. The van der Waals surface area contributed by atoms with Gasteiger partial charge in [-0.05, 0) is 6.42 Å². The Morgan fingerprint density at radius 3 is 2.71 bits per heavy atom. The largest absolute Gasteiger partial charge is 0.370 e. The highest BCUT2D eigenvalue weighted by molar-refractivity contribution is 7.16. The minimum Gasteiger partial charge on any atom is -0.370 e. The van der Waals surface area contributed by atoms with E-state index in [-0.39, 0.29) is 5.96 Å². The molecular weight excluding hydrogens is 232 g/mol. The molecule has 4 nitrogen and oxygen atoms in total. The Morgan fingerprint density at radius 2 is 2.12 bits per heavy atom. The minimum atomic E-state index is -0.0824. The average Bonchev–Trinajstić information content (AvgIpc) is 2.72. The highest BCUT2D eigenvalue weighted by Gasteiger charge is 2.11. The van der Waals surface area contributed by atoms with Gasteiger partial charge in [-0.3, -0.25) is 5.41 Å². The highest BCUT2D eigenvalue weighted by Crippen LogP contribution is 2.31. The second-order valence-corrected chi connectivity index (χ2v) is 4.63. The lowest BCUT2D eigenvalue weighted by atomic mass is 10.1. The molecule has 2 aromatic rings. The van der Waals surface area contributed by atoms with Gasteiger partial charge in [-0.1, -0.05) is 37.3 Å². The molecule has 0 saturated carbocycles. The van der Waals surface area contributed by atoms with Crippen LogP contribution in [0.5, 0.6) is 0 Å². The quantitative estimate of drug-likeness (QED) is 0.575. The van der Waals surface area contributed by atoms with E-state index in [0.29, 0.717) is 5.13 Å². The van der Waals surface area contributed by atoms with Crippen molar-refractivity contribution in [3.63, 3.8) is 0 Å². The molecule has 0 saturated heterocycles. The van der Waals surface area contributed by atoms with Gasteiger partial charge in [0, 0.05) is 10.4 Å². The summed E-state index contributed by atoms with van der Waals surface area (Å²) in [6, 6.07) is 10.0. The fraction of sp³-hybridized carbons (Fsp3) is 0.167. The summed E-state index contributed by atoms with van der Waals surface area (Å²) in [5, 5.41) is 10.6. The molecule has 4 N–H and O–H groups in total. The Morgan fingerprint density at radius 1 is 1.41 bits per heavy atom. The summed E-state index contributed by atoms with van der Waals surface area (Å²) in [5.41, 5.74) is 7.37. The lowest BCUT2D eigenvalue weighted by Gasteiger charge is -1.98. The first-order valence-electron chi connectivity index (χ1n) is 5.37. The van der Waals surface area contributed by atoms with Crippen LogP contribution >= 0.6 is 11.3 Å². The first-order chi connectivity index (χ1) is 8.20. The van der Waals surface area contributed by atoms with Gasteiger partial charge in [0.05, 0.1) is 5.69 Å². The molecule has 1 aromatic heterocycles. The SMILES string of the molecule is CCc1sc(NC(=N)N)nc1-c1ccccc1. The minimum absolute atomic E-state index is 0.0824. The Bertz CT molecular complexity index is 519. The number of anilines is 1. The molecule has 88 valence electrons. The van der Waals surface area contributed by atoms with Crippen molar-refractivity contribution >= 4 is 22.4 Å². The van der Waals surface area contributed by atoms with Crippen molar-refractivity contribution in [2.75, 3.05) is 5.32 Å². The number of guanidine groups is 1. The van der Waals surface area contributed by atoms with E-state index in [1.807, 2.05) is 30.3 Å². The molecule has 0 bridgehead atoms. The van der Waals surface area contributed by atoms with Gasteiger partial charge in [-0.25, -0.2) is 4.98 Å². The molecule has 1 aromatic carbocycles. The van der Waals surface area contributed by atoms with Crippen molar-refractivity contribution in [2.24, 2.45) is 5.73 Å². The number of thiazole rings is 1. The van der Waals surface area contributed by atoms with Crippen LogP contribution in [0.25, 0.3) is 11.3 Å². The maximum absolute atomic E-state index is 7.21. The molecule has 0 fully saturated rings. The average molecular weight is 246 g/mol. The molecule has 0 aliphatic carbocycles. The van der Waals surface area contributed by atoms with Crippen molar-refractivity contribution in [3.05, 3.63) is 35.2 Å². The van der Waals surface area contributed by atoms with E-state index in [9.17, 15) is 0 Å². The summed E-state index contributed by atoms with van der Waals surface area (Å²) in [6.07, 6.45) is 0.918. The molecule has 0 amide bonds. The second-order valence-electron chi connectivity index (χ2n) is 3.55. The first kappa shape index (κ1) is 11.6. The van der Waals surface area contributed by atoms with Crippen LogP contribution < -0.4 is 11.1 Å². The number of aromatic nitrogens is 1. The van der Waals surface area contributed by atoms with Crippen LogP contribution in [0.15, 0.2) is 30.3 Å². The molecule has 0 radical (unpaired) electrons. The maximum Gasteiger partial charge on any atom is 0.192 e. The lowest BCUT2D eigenvalue weighted by Crippen LogP contribution is -2.20. The van der Waals surface area contributed by atoms with Crippen LogP contribution in [0.1, 0.15) is 11.8 Å². The molecule has 17 heavy (non-hydrogen) atoms. The van der Waals surface area contributed by atoms with E-state index >= 15 is 0 Å². The molecule has 0 aliphatic rings. The third-order valence-corrected chi connectivity index (χ3v) is 3.42. The van der Waals surface area contributed by atoms with Crippen molar-refractivity contribution < 1.29 is 0 Å². The lowest BCUT2D eigenvalue weighted by molar-refractivity contribution is 1.17. The third-order valence-electron chi connectivity index (χ3n) is 2.31. The number of aryl methyl sites for hydroxylation is 1. The molecule has 2 rings (SSSR count). The summed E-state index contributed by atoms with van der Waals surface area (Å²) in [7, 11) is 0. The van der Waals surface area contributed by atoms with E-state index in [4.69, 9.17) is 11.1 Å². The van der Waals surface area contributed by atoms with Crippen LogP contribution in [0.4, 0.5) is 5.13 Å².